The first-order valence-electron chi connectivity index (χ1n) is 10.00. The summed E-state index contributed by atoms with van der Waals surface area (Å²) in [4.78, 5) is 39.3. The number of methoxy groups -OCH3 is 1. The largest absolute Gasteiger partial charge is 0.497 e. The van der Waals surface area contributed by atoms with Gasteiger partial charge in [0.2, 0.25) is 11.9 Å². The summed E-state index contributed by atoms with van der Waals surface area (Å²) in [7, 11) is 1.60. The van der Waals surface area contributed by atoms with Crippen LogP contribution in [-0.2, 0) is 17.9 Å². The molecule has 1 N–H and O–H groups in total. The number of carbonyl (C=O) groups is 1. The van der Waals surface area contributed by atoms with Gasteiger partial charge in [-0.25, -0.2) is 4.68 Å². The van der Waals surface area contributed by atoms with E-state index in [0.717, 1.165) is 41.8 Å². The van der Waals surface area contributed by atoms with Crippen molar-refractivity contribution in [3.05, 3.63) is 45.0 Å². The van der Waals surface area contributed by atoms with Crippen LogP contribution in [0, 0.1) is 0 Å². The molecule has 1 amide bonds. The molecule has 0 atom stereocenters. The van der Waals surface area contributed by atoms with Crippen molar-refractivity contribution in [2.45, 2.75) is 51.2 Å². The van der Waals surface area contributed by atoms with Crippen molar-refractivity contribution in [3.63, 3.8) is 0 Å². The highest BCUT2D eigenvalue weighted by Gasteiger charge is 2.26. The van der Waals surface area contributed by atoms with Gasteiger partial charge in [-0.1, -0.05) is 19.3 Å². The molecule has 2 heterocycles. The molecule has 0 radical (unpaired) electrons. The van der Waals surface area contributed by atoms with Crippen LogP contribution in [0.4, 0.5) is 11.6 Å². The number of fused-ring (bicyclic) bond motifs is 1. The first kappa shape index (κ1) is 19.2. The second-order valence-corrected chi connectivity index (χ2v) is 7.47. The third-order valence-corrected chi connectivity index (χ3v) is 5.55. The number of aromatic nitrogens is 3. The van der Waals surface area contributed by atoms with Gasteiger partial charge in [-0.05, 0) is 37.1 Å². The van der Waals surface area contributed by atoms with E-state index in [-0.39, 0.29) is 18.5 Å². The van der Waals surface area contributed by atoms with Crippen LogP contribution < -0.4 is 26.1 Å². The van der Waals surface area contributed by atoms with Crippen molar-refractivity contribution < 1.29 is 9.53 Å². The number of amides is 1. The van der Waals surface area contributed by atoms with Crippen molar-refractivity contribution in [3.8, 4) is 5.75 Å². The molecule has 1 aliphatic carbocycles. The summed E-state index contributed by atoms with van der Waals surface area (Å²) in [5.41, 5.74) is -0.596. The number of nitrogens with zero attached hydrogens (tertiary/aromatic N) is 4. The van der Waals surface area contributed by atoms with Crippen molar-refractivity contribution in [2.75, 3.05) is 18.6 Å². The summed E-state index contributed by atoms with van der Waals surface area (Å²) in [5.74, 6) is 0.803. The van der Waals surface area contributed by atoms with Crippen molar-refractivity contribution >= 4 is 17.5 Å². The molecule has 29 heavy (non-hydrogen) atoms. The van der Waals surface area contributed by atoms with E-state index in [1.54, 1.807) is 7.11 Å². The Bertz CT molecular complexity index is 1010. The lowest BCUT2D eigenvalue weighted by molar-refractivity contribution is -0.122. The maximum absolute atomic E-state index is 12.5. The molecular weight excluding hydrogens is 374 g/mol. The predicted molar refractivity (Wildman–Crippen MR) is 108 cm³/mol. The van der Waals surface area contributed by atoms with Gasteiger partial charge in [0.25, 0.3) is 0 Å². The minimum Gasteiger partial charge on any atom is -0.497 e. The Morgan fingerprint density at radius 1 is 1.10 bits per heavy atom. The maximum atomic E-state index is 12.5. The molecule has 0 unspecified atom stereocenters. The Morgan fingerprint density at radius 3 is 2.52 bits per heavy atom. The van der Waals surface area contributed by atoms with Gasteiger partial charge in [-0.3, -0.25) is 19.0 Å². The fraction of sp³-hybridized carbons (Fsp3) is 0.500. The highest BCUT2D eigenvalue weighted by Crippen LogP contribution is 2.27. The Morgan fingerprint density at radius 2 is 1.83 bits per heavy atom. The summed E-state index contributed by atoms with van der Waals surface area (Å²) in [6.45, 7) is 0.638. The molecule has 4 rings (SSSR count). The molecule has 0 bridgehead atoms. The Kier molecular flexibility index (Phi) is 5.37. The fourth-order valence-corrected chi connectivity index (χ4v) is 4.00. The summed E-state index contributed by atoms with van der Waals surface area (Å²) in [6, 6.07) is 7.52. The lowest BCUT2D eigenvalue weighted by Crippen LogP contribution is -2.46. The molecule has 1 aromatic heterocycles. The zero-order valence-corrected chi connectivity index (χ0v) is 16.5. The van der Waals surface area contributed by atoms with Gasteiger partial charge in [0.05, 0.1) is 7.11 Å². The molecule has 1 aromatic carbocycles. The second kappa shape index (κ2) is 8.10. The number of benzene rings is 1. The summed E-state index contributed by atoms with van der Waals surface area (Å²) >= 11 is 0. The number of carbonyl (C=O) groups excluding carboxylic acids is 1. The highest BCUT2D eigenvalue weighted by atomic mass is 16.5. The third-order valence-electron chi connectivity index (χ3n) is 5.55. The molecule has 2 aromatic rings. The van der Waals surface area contributed by atoms with E-state index in [9.17, 15) is 14.4 Å². The maximum Gasteiger partial charge on any atom is 0.333 e. The van der Waals surface area contributed by atoms with Crippen LogP contribution in [-0.4, -0.2) is 40.0 Å². The summed E-state index contributed by atoms with van der Waals surface area (Å²) in [6.07, 6.45) is 5.29. The topological polar surface area (TPSA) is 98.5 Å². The van der Waals surface area contributed by atoms with E-state index in [4.69, 9.17) is 4.74 Å². The summed E-state index contributed by atoms with van der Waals surface area (Å²) in [5, 5.41) is 7.31. The normalized spacial score (nSPS) is 16.5. The minimum atomic E-state index is -0.774. The smallest absolute Gasteiger partial charge is 0.333 e. The molecule has 154 valence electrons. The van der Waals surface area contributed by atoms with E-state index in [2.05, 4.69) is 10.4 Å². The van der Waals surface area contributed by atoms with Crippen LogP contribution in [0.3, 0.4) is 0 Å². The zero-order valence-electron chi connectivity index (χ0n) is 16.5. The van der Waals surface area contributed by atoms with Gasteiger partial charge in [0, 0.05) is 24.8 Å². The predicted octanol–water partition coefficient (Wildman–Crippen LogP) is 1.01. The zero-order chi connectivity index (χ0) is 20.4. The van der Waals surface area contributed by atoms with Gasteiger partial charge in [0.1, 0.15) is 12.3 Å². The van der Waals surface area contributed by atoms with Crippen LogP contribution in [0.25, 0.3) is 0 Å². The number of nitrogens with one attached hydrogen (secondary N) is 1. The van der Waals surface area contributed by atoms with E-state index >= 15 is 0 Å². The number of anilines is 2. The first-order valence-corrected chi connectivity index (χ1v) is 10.00. The lowest BCUT2D eigenvalue weighted by atomic mass is 9.95. The van der Waals surface area contributed by atoms with Gasteiger partial charge < -0.3 is 15.0 Å². The van der Waals surface area contributed by atoms with Crippen molar-refractivity contribution in [2.24, 2.45) is 0 Å². The monoisotopic (exact) mass is 399 g/mol. The third kappa shape index (κ3) is 3.90. The number of ether oxygens (including phenoxy) is 1. The van der Waals surface area contributed by atoms with E-state index in [0.29, 0.717) is 19.0 Å². The lowest BCUT2D eigenvalue weighted by Gasteiger charge is -2.23. The Labute approximate surface area is 167 Å². The van der Waals surface area contributed by atoms with Crippen LogP contribution in [0.2, 0.25) is 0 Å². The molecule has 1 aliphatic heterocycles. The standard InChI is InChI=1S/C20H25N5O4/c1-29-16-9-7-15(8-10-16)23-11-12-24-18(27)19(28)25(22-20(23)24)13-17(26)21-14-5-3-2-4-6-14/h7-10,14H,2-6,11-13H2,1H3,(H,21,26). The van der Waals surface area contributed by atoms with Crippen LogP contribution in [0.15, 0.2) is 33.9 Å². The molecular formula is C20H25N5O4. The van der Waals surface area contributed by atoms with Crippen molar-refractivity contribution in [1.82, 2.24) is 19.7 Å². The minimum absolute atomic E-state index is 0.137. The van der Waals surface area contributed by atoms with Gasteiger partial charge in [-0.2, -0.15) is 0 Å². The average Bonchev–Trinajstić information content (AvgIpc) is 3.16. The van der Waals surface area contributed by atoms with Crippen LogP contribution in [0.1, 0.15) is 32.1 Å². The first-order chi connectivity index (χ1) is 14.1. The highest BCUT2D eigenvalue weighted by molar-refractivity contribution is 5.76. The van der Waals surface area contributed by atoms with Crippen molar-refractivity contribution in [1.29, 1.82) is 0 Å². The van der Waals surface area contributed by atoms with E-state index in [1.165, 1.54) is 11.0 Å². The van der Waals surface area contributed by atoms with Gasteiger partial charge >= 0.3 is 11.1 Å². The summed E-state index contributed by atoms with van der Waals surface area (Å²) < 4.78 is 7.53. The van der Waals surface area contributed by atoms with Gasteiger partial charge in [-0.15, -0.1) is 5.10 Å². The number of hydrogen-bond donors (Lipinski definition) is 1. The van der Waals surface area contributed by atoms with Crippen LogP contribution >= 0.6 is 0 Å². The molecule has 9 nitrogen and oxygen atoms in total. The molecule has 2 aliphatic rings. The number of rotatable bonds is 5. The quantitative estimate of drug-likeness (QED) is 0.754. The second-order valence-electron chi connectivity index (χ2n) is 7.47. The van der Waals surface area contributed by atoms with Gasteiger partial charge in [0.15, 0.2) is 0 Å². The van der Waals surface area contributed by atoms with Crippen LogP contribution in [0.5, 0.6) is 5.75 Å². The average molecular weight is 399 g/mol. The Balaban J connectivity index is 1.58. The molecule has 1 saturated carbocycles. The molecule has 0 spiro atoms. The number of hydrogen-bond acceptors (Lipinski definition) is 6. The molecule has 0 saturated heterocycles. The Hall–Kier alpha value is -3.10. The van der Waals surface area contributed by atoms with E-state index < -0.39 is 11.1 Å². The van der Waals surface area contributed by atoms with E-state index in [1.807, 2.05) is 29.2 Å². The molecule has 9 heteroatoms. The molecule has 1 fully saturated rings. The fourth-order valence-electron chi connectivity index (χ4n) is 4.00. The SMILES string of the molecule is COc1ccc(N2CCn3c2nn(CC(=O)NC2CCCCC2)c(=O)c3=O)cc1.